The molecule has 1 amide bonds. The third kappa shape index (κ3) is 4.62. The van der Waals surface area contributed by atoms with Crippen LogP contribution in [0.4, 0.5) is 0 Å². The highest BCUT2D eigenvalue weighted by molar-refractivity contribution is 5.96. The Morgan fingerprint density at radius 2 is 1.39 bits per heavy atom. The second-order valence-corrected chi connectivity index (χ2v) is 9.53. The summed E-state index contributed by atoms with van der Waals surface area (Å²) in [6.07, 6.45) is 2.29. The first-order valence-electron chi connectivity index (χ1n) is 11.8. The maximum absolute atomic E-state index is 13.3. The molecule has 1 fully saturated rings. The number of benzene rings is 3. The van der Waals surface area contributed by atoms with Gasteiger partial charge >= 0.3 is 0 Å². The van der Waals surface area contributed by atoms with Crippen molar-refractivity contribution in [1.29, 1.82) is 0 Å². The summed E-state index contributed by atoms with van der Waals surface area (Å²) < 4.78 is 0.849. The predicted molar refractivity (Wildman–Crippen MR) is 132 cm³/mol. The highest BCUT2D eigenvalue weighted by Gasteiger charge is 2.53. The van der Waals surface area contributed by atoms with E-state index in [1.807, 2.05) is 91.0 Å². The minimum atomic E-state index is -0.863. The molecule has 0 aromatic heterocycles. The maximum Gasteiger partial charge on any atom is 0.233 e. The van der Waals surface area contributed by atoms with Gasteiger partial charge in [-0.05, 0) is 11.1 Å². The highest BCUT2D eigenvalue weighted by atomic mass is 16.1. The van der Waals surface area contributed by atoms with Gasteiger partial charge in [-0.15, -0.1) is 0 Å². The molecule has 3 aromatic rings. The van der Waals surface area contributed by atoms with Crippen LogP contribution in [0.3, 0.4) is 0 Å². The van der Waals surface area contributed by atoms with Gasteiger partial charge in [0.25, 0.3) is 0 Å². The number of nitrogens with two attached hydrogens (primary N) is 1. The summed E-state index contributed by atoms with van der Waals surface area (Å²) in [5.74, 6) is -0.00905. The number of amides is 1. The second kappa shape index (κ2) is 9.72. The minimum Gasteiger partial charge on any atom is -0.369 e. The molecular formula is C29H33N2O2+. The van der Waals surface area contributed by atoms with Gasteiger partial charge in [0.1, 0.15) is 5.41 Å². The molecule has 1 aliphatic rings. The fraction of sp³-hybridized carbons (Fsp3) is 0.310. The van der Waals surface area contributed by atoms with E-state index in [4.69, 9.17) is 5.73 Å². The number of ketones is 1. The summed E-state index contributed by atoms with van der Waals surface area (Å²) in [6.45, 7) is 2.73. The summed E-state index contributed by atoms with van der Waals surface area (Å²) in [4.78, 5) is 25.8. The van der Waals surface area contributed by atoms with Crippen LogP contribution in [0, 0.1) is 5.92 Å². The molecule has 0 radical (unpaired) electrons. The van der Waals surface area contributed by atoms with Gasteiger partial charge in [0.05, 0.1) is 26.7 Å². The number of hydrogen-bond acceptors (Lipinski definition) is 2. The van der Waals surface area contributed by atoms with E-state index in [0.29, 0.717) is 6.42 Å². The lowest BCUT2D eigenvalue weighted by molar-refractivity contribution is -0.899. The zero-order chi connectivity index (χ0) is 23.3. The average molecular weight is 442 g/mol. The summed E-state index contributed by atoms with van der Waals surface area (Å²) >= 11 is 0. The van der Waals surface area contributed by atoms with E-state index in [0.717, 1.165) is 53.6 Å². The van der Waals surface area contributed by atoms with Crippen LogP contribution >= 0.6 is 0 Å². The van der Waals surface area contributed by atoms with Crippen molar-refractivity contribution in [2.75, 3.05) is 26.7 Å². The van der Waals surface area contributed by atoms with Gasteiger partial charge in [-0.2, -0.15) is 0 Å². The lowest BCUT2D eigenvalue weighted by atomic mass is 9.64. The average Bonchev–Trinajstić information content (AvgIpc) is 3.23. The Hall–Kier alpha value is -3.24. The fourth-order valence-corrected chi connectivity index (χ4v) is 5.65. The lowest BCUT2D eigenvalue weighted by Crippen LogP contribution is -2.51. The van der Waals surface area contributed by atoms with Gasteiger partial charge in [-0.1, -0.05) is 91.0 Å². The summed E-state index contributed by atoms with van der Waals surface area (Å²) in [5.41, 5.74) is 8.05. The molecule has 170 valence electrons. The minimum absolute atomic E-state index is 0.0922. The van der Waals surface area contributed by atoms with Crippen LogP contribution in [0.1, 0.15) is 40.7 Å². The Balaban J connectivity index is 1.55. The number of rotatable bonds is 9. The normalized spacial score (nSPS) is 20.5. The number of likely N-dealkylation sites (tertiary alicyclic amines) is 1. The zero-order valence-electron chi connectivity index (χ0n) is 19.3. The van der Waals surface area contributed by atoms with Crippen molar-refractivity contribution in [2.45, 2.75) is 24.7 Å². The summed E-state index contributed by atoms with van der Waals surface area (Å²) in [5, 5.41) is 0. The number of primary amides is 1. The van der Waals surface area contributed by atoms with E-state index in [1.165, 1.54) is 0 Å². The highest BCUT2D eigenvalue weighted by Crippen LogP contribution is 2.45. The van der Waals surface area contributed by atoms with Gasteiger partial charge in [-0.3, -0.25) is 9.59 Å². The van der Waals surface area contributed by atoms with Gasteiger partial charge in [0.2, 0.25) is 5.91 Å². The maximum atomic E-state index is 13.3. The molecule has 33 heavy (non-hydrogen) atoms. The molecule has 0 spiro atoms. The van der Waals surface area contributed by atoms with Crippen LogP contribution in [0.5, 0.6) is 0 Å². The standard InChI is InChI=1S/C29H32N2O2/c1-31(20-11-18-27(32)23-12-5-2-6-13-23)21-19-26(22-31)29(28(30)33,24-14-7-3-8-15-24)25-16-9-4-10-17-25/h2-10,12-17,26H,11,18-22H2,1H3,(H-,30,33)/p+1/t26?,31-/m0/s1. The van der Waals surface area contributed by atoms with Gasteiger partial charge in [0.15, 0.2) is 5.78 Å². The Morgan fingerprint density at radius 1 is 0.879 bits per heavy atom. The predicted octanol–water partition coefficient (Wildman–Crippen LogP) is 4.59. The Labute approximate surface area is 196 Å². The zero-order valence-corrected chi connectivity index (χ0v) is 19.3. The van der Waals surface area contributed by atoms with E-state index in [2.05, 4.69) is 7.05 Å². The van der Waals surface area contributed by atoms with Crippen molar-refractivity contribution >= 4 is 11.7 Å². The molecule has 0 aliphatic carbocycles. The molecule has 0 saturated carbocycles. The first kappa shape index (κ1) is 22.9. The van der Waals surface area contributed by atoms with Crippen LogP contribution in [0.25, 0.3) is 0 Å². The number of carbonyl (C=O) groups excluding carboxylic acids is 2. The van der Waals surface area contributed by atoms with E-state index in [1.54, 1.807) is 0 Å². The van der Waals surface area contributed by atoms with E-state index >= 15 is 0 Å². The van der Waals surface area contributed by atoms with Gasteiger partial charge < -0.3 is 10.2 Å². The summed E-state index contributed by atoms with van der Waals surface area (Å²) in [7, 11) is 2.24. The molecule has 4 rings (SSSR count). The SMILES string of the molecule is C[N@+]1(CCCC(=O)c2ccccc2)CCC(C(C(N)=O)(c2ccccc2)c2ccccc2)C1. The number of carbonyl (C=O) groups is 2. The Kier molecular flexibility index (Phi) is 6.75. The number of Topliss-reactive ketones (excluding diaryl/α,β-unsaturated/α-hetero) is 1. The topological polar surface area (TPSA) is 60.2 Å². The second-order valence-electron chi connectivity index (χ2n) is 9.53. The molecule has 2 atom stereocenters. The number of quaternary nitrogens is 1. The van der Waals surface area contributed by atoms with Crippen molar-refractivity contribution in [1.82, 2.24) is 0 Å². The Bertz CT molecular complexity index is 1040. The molecule has 3 aromatic carbocycles. The quantitative estimate of drug-likeness (QED) is 0.390. The molecule has 4 heteroatoms. The molecule has 0 bridgehead atoms. The molecule has 4 nitrogen and oxygen atoms in total. The fourth-order valence-electron chi connectivity index (χ4n) is 5.65. The van der Waals surface area contributed by atoms with E-state index < -0.39 is 5.41 Å². The van der Waals surface area contributed by atoms with Crippen molar-refractivity contribution in [3.05, 3.63) is 108 Å². The van der Waals surface area contributed by atoms with E-state index in [9.17, 15) is 9.59 Å². The lowest BCUT2D eigenvalue weighted by Gasteiger charge is -2.38. The van der Waals surface area contributed by atoms with Gasteiger partial charge in [-0.25, -0.2) is 0 Å². The van der Waals surface area contributed by atoms with Crippen LogP contribution in [0.2, 0.25) is 0 Å². The van der Waals surface area contributed by atoms with Crippen LogP contribution < -0.4 is 5.73 Å². The molecule has 1 saturated heterocycles. The largest absolute Gasteiger partial charge is 0.369 e. The number of nitrogens with zero attached hydrogens (tertiary/aromatic N) is 1. The molecule has 1 unspecified atom stereocenters. The van der Waals surface area contributed by atoms with Crippen LogP contribution in [-0.4, -0.2) is 42.9 Å². The first-order valence-corrected chi connectivity index (χ1v) is 11.8. The monoisotopic (exact) mass is 441 g/mol. The third-order valence-corrected chi connectivity index (χ3v) is 7.34. The smallest absolute Gasteiger partial charge is 0.233 e. The van der Waals surface area contributed by atoms with E-state index in [-0.39, 0.29) is 17.6 Å². The Morgan fingerprint density at radius 3 is 1.91 bits per heavy atom. The van der Waals surface area contributed by atoms with Crippen molar-refractivity contribution in [2.24, 2.45) is 11.7 Å². The molecular weight excluding hydrogens is 408 g/mol. The third-order valence-electron chi connectivity index (χ3n) is 7.34. The number of hydrogen-bond donors (Lipinski definition) is 1. The molecule has 1 aliphatic heterocycles. The van der Waals surface area contributed by atoms with Crippen molar-refractivity contribution < 1.29 is 14.1 Å². The summed E-state index contributed by atoms with van der Waals surface area (Å²) in [6, 6.07) is 29.5. The molecule has 1 heterocycles. The van der Waals surface area contributed by atoms with Gasteiger partial charge in [0, 0.05) is 30.7 Å². The van der Waals surface area contributed by atoms with Crippen molar-refractivity contribution in [3.63, 3.8) is 0 Å². The van der Waals surface area contributed by atoms with Crippen LogP contribution in [0.15, 0.2) is 91.0 Å². The molecule has 2 N–H and O–H groups in total. The first-order chi connectivity index (χ1) is 16.0. The van der Waals surface area contributed by atoms with Crippen molar-refractivity contribution in [3.8, 4) is 0 Å². The van der Waals surface area contributed by atoms with Crippen LogP contribution in [-0.2, 0) is 10.2 Å².